The zero-order valence-corrected chi connectivity index (χ0v) is 21.2. The number of carbonyl (C=O) groups is 1. The minimum Gasteiger partial charge on any atom is -0.349 e. The van der Waals surface area contributed by atoms with E-state index in [-0.39, 0.29) is 17.9 Å². The minimum absolute atomic E-state index is 0.133. The maximum Gasteiger partial charge on any atom is 0.223 e. The van der Waals surface area contributed by atoms with E-state index in [2.05, 4.69) is 62.6 Å². The number of carbonyl (C=O) groups excluding carboxylic acids is 1. The van der Waals surface area contributed by atoms with Crippen LogP contribution in [0.15, 0.2) is 16.8 Å². The number of rotatable bonds is 8. The molecule has 5 rings (SSSR count). The van der Waals surface area contributed by atoms with E-state index in [4.69, 9.17) is 0 Å². The first kappa shape index (κ1) is 23.0. The molecule has 2 saturated heterocycles. The van der Waals surface area contributed by atoms with Gasteiger partial charge in [0.1, 0.15) is 11.6 Å². The standard InChI is InChI=1S/C26H39N5OS/c1-17(2)25-29-28-18(3)31(25)23-14-21-8-9-22(15-23)30(21)12-10-24(20-11-13-33-16-20)27-26(32)19-6-4-5-7-19/h11,13,16-17,19,21-24H,4-10,12,14-15H2,1-3H3,(H,27,32)/t21-,22+,23-,24-/m0/s1. The van der Waals surface area contributed by atoms with Crippen molar-refractivity contribution in [2.45, 2.75) is 109 Å². The monoisotopic (exact) mass is 469 g/mol. The van der Waals surface area contributed by atoms with Crippen molar-refractivity contribution in [3.63, 3.8) is 0 Å². The van der Waals surface area contributed by atoms with Crippen molar-refractivity contribution in [3.05, 3.63) is 34.0 Å². The normalized spacial score (nSPS) is 26.8. The number of hydrogen-bond acceptors (Lipinski definition) is 5. The fraction of sp³-hybridized carbons (Fsp3) is 0.731. The van der Waals surface area contributed by atoms with Gasteiger partial charge in [-0.25, -0.2) is 0 Å². The summed E-state index contributed by atoms with van der Waals surface area (Å²) in [5.41, 5.74) is 1.27. The van der Waals surface area contributed by atoms with E-state index in [1.807, 2.05) is 0 Å². The van der Waals surface area contributed by atoms with Crippen molar-refractivity contribution >= 4 is 17.2 Å². The number of fused-ring (bicyclic) bond motifs is 2. The molecule has 3 aliphatic rings. The Morgan fingerprint density at radius 2 is 1.85 bits per heavy atom. The quantitative estimate of drug-likeness (QED) is 0.564. The highest BCUT2D eigenvalue weighted by Gasteiger charge is 2.42. The molecule has 33 heavy (non-hydrogen) atoms. The Labute approximate surface area is 202 Å². The lowest BCUT2D eigenvalue weighted by molar-refractivity contribution is -0.125. The van der Waals surface area contributed by atoms with Crippen molar-refractivity contribution in [2.75, 3.05) is 6.54 Å². The summed E-state index contributed by atoms with van der Waals surface area (Å²) in [4.78, 5) is 15.7. The molecule has 2 aliphatic heterocycles. The third-order valence-corrected chi connectivity index (χ3v) is 9.00. The van der Waals surface area contributed by atoms with Crippen molar-refractivity contribution in [2.24, 2.45) is 5.92 Å². The maximum absolute atomic E-state index is 12.9. The lowest BCUT2D eigenvalue weighted by atomic mass is 9.95. The summed E-state index contributed by atoms with van der Waals surface area (Å²) in [6, 6.07) is 4.09. The van der Waals surface area contributed by atoms with Crippen LogP contribution >= 0.6 is 11.3 Å². The third kappa shape index (κ3) is 4.76. The SMILES string of the molecule is Cc1nnc(C(C)C)n1[C@@H]1C[C@H]2CC[C@@H](C1)N2CC[C@H](NC(=O)C1CCCC1)c1ccsc1. The largest absolute Gasteiger partial charge is 0.349 e. The summed E-state index contributed by atoms with van der Waals surface area (Å²) in [5, 5.41) is 16.7. The van der Waals surface area contributed by atoms with Crippen LogP contribution in [0.5, 0.6) is 0 Å². The van der Waals surface area contributed by atoms with Crippen LogP contribution in [0, 0.1) is 12.8 Å². The second-order valence-corrected chi connectivity index (χ2v) is 11.5. The Kier molecular flexibility index (Phi) is 6.89. The highest BCUT2D eigenvalue weighted by Crippen LogP contribution is 2.42. The Morgan fingerprint density at radius 3 is 2.48 bits per heavy atom. The van der Waals surface area contributed by atoms with Gasteiger partial charge in [-0.1, -0.05) is 26.7 Å². The molecular formula is C26H39N5OS. The molecule has 0 radical (unpaired) electrons. The first-order valence-corrected chi connectivity index (χ1v) is 13.9. The number of hydrogen-bond donors (Lipinski definition) is 1. The predicted octanol–water partition coefficient (Wildman–Crippen LogP) is 5.38. The van der Waals surface area contributed by atoms with Crippen LogP contribution in [0.4, 0.5) is 0 Å². The summed E-state index contributed by atoms with van der Waals surface area (Å²) in [6.45, 7) is 7.60. The van der Waals surface area contributed by atoms with Gasteiger partial charge in [0.25, 0.3) is 0 Å². The van der Waals surface area contributed by atoms with Crippen LogP contribution in [0.25, 0.3) is 0 Å². The molecule has 180 valence electrons. The number of nitrogens with one attached hydrogen (secondary N) is 1. The van der Waals surface area contributed by atoms with Crippen LogP contribution in [-0.2, 0) is 4.79 Å². The summed E-state index contributed by atoms with van der Waals surface area (Å²) >= 11 is 1.73. The maximum atomic E-state index is 12.9. The van der Waals surface area contributed by atoms with Gasteiger partial charge in [-0.05, 0) is 74.3 Å². The average molecular weight is 470 g/mol. The van der Waals surface area contributed by atoms with Gasteiger partial charge in [-0.2, -0.15) is 11.3 Å². The van der Waals surface area contributed by atoms with Crippen LogP contribution in [-0.4, -0.2) is 44.2 Å². The lowest BCUT2D eigenvalue weighted by Gasteiger charge is -2.40. The molecule has 0 spiro atoms. The topological polar surface area (TPSA) is 63.1 Å². The molecule has 1 amide bonds. The van der Waals surface area contributed by atoms with E-state index in [1.165, 1.54) is 44.1 Å². The lowest BCUT2D eigenvalue weighted by Crippen LogP contribution is -2.45. The van der Waals surface area contributed by atoms with Crippen molar-refractivity contribution in [3.8, 4) is 0 Å². The Morgan fingerprint density at radius 1 is 1.12 bits per heavy atom. The molecular weight excluding hydrogens is 430 g/mol. The summed E-state index contributed by atoms with van der Waals surface area (Å²) in [7, 11) is 0. The second kappa shape index (κ2) is 9.87. The molecule has 2 bridgehead atoms. The van der Waals surface area contributed by atoms with Gasteiger partial charge in [-0.3, -0.25) is 9.69 Å². The van der Waals surface area contributed by atoms with Gasteiger partial charge in [0.15, 0.2) is 0 Å². The average Bonchev–Trinajstić information content (AvgIpc) is 3.59. The fourth-order valence-electron chi connectivity index (χ4n) is 6.60. The molecule has 4 heterocycles. The molecule has 0 unspecified atom stereocenters. The molecule has 1 aliphatic carbocycles. The fourth-order valence-corrected chi connectivity index (χ4v) is 7.32. The first-order valence-electron chi connectivity index (χ1n) is 13.0. The van der Waals surface area contributed by atoms with Gasteiger partial charge >= 0.3 is 0 Å². The number of nitrogens with zero attached hydrogens (tertiary/aromatic N) is 4. The smallest absolute Gasteiger partial charge is 0.223 e. The molecule has 7 heteroatoms. The van der Waals surface area contributed by atoms with Gasteiger partial charge in [0, 0.05) is 36.5 Å². The van der Waals surface area contributed by atoms with E-state index in [9.17, 15) is 4.79 Å². The minimum atomic E-state index is 0.133. The highest BCUT2D eigenvalue weighted by atomic mass is 32.1. The molecule has 1 N–H and O–H groups in total. The van der Waals surface area contributed by atoms with Crippen molar-refractivity contribution < 1.29 is 4.79 Å². The van der Waals surface area contributed by atoms with Gasteiger partial charge < -0.3 is 9.88 Å². The van der Waals surface area contributed by atoms with Crippen LogP contribution < -0.4 is 5.32 Å². The Balaban J connectivity index is 1.24. The van der Waals surface area contributed by atoms with Crippen molar-refractivity contribution in [1.82, 2.24) is 25.0 Å². The highest BCUT2D eigenvalue weighted by molar-refractivity contribution is 7.08. The van der Waals surface area contributed by atoms with Gasteiger partial charge in [0.2, 0.25) is 5.91 Å². The number of aromatic nitrogens is 3. The van der Waals surface area contributed by atoms with Crippen LogP contribution in [0.2, 0.25) is 0 Å². The van der Waals surface area contributed by atoms with E-state index in [1.54, 1.807) is 11.3 Å². The number of aryl methyl sites for hydroxylation is 1. The zero-order valence-electron chi connectivity index (χ0n) is 20.4. The summed E-state index contributed by atoms with van der Waals surface area (Å²) < 4.78 is 2.43. The summed E-state index contributed by atoms with van der Waals surface area (Å²) in [6.07, 6.45) is 10.5. The number of amides is 1. The molecule has 1 saturated carbocycles. The van der Waals surface area contributed by atoms with E-state index in [0.29, 0.717) is 24.0 Å². The van der Waals surface area contributed by atoms with E-state index < -0.39 is 0 Å². The molecule has 3 fully saturated rings. The third-order valence-electron chi connectivity index (χ3n) is 8.30. The number of thiophene rings is 1. The van der Waals surface area contributed by atoms with Gasteiger partial charge in [-0.15, -0.1) is 10.2 Å². The molecule has 0 aromatic carbocycles. The second-order valence-electron chi connectivity index (χ2n) is 10.8. The summed E-state index contributed by atoms with van der Waals surface area (Å²) in [5.74, 6) is 3.09. The number of piperidine rings is 1. The zero-order chi connectivity index (χ0) is 22.9. The van der Waals surface area contributed by atoms with E-state index in [0.717, 1.165) is 37.5 Å². The van der Waals surface area contributed by atoms with E-state index >= 15 is 0 Å². The van der Waals surface area contributed by atoms with Crippen LogP contribution in [0.3, 0.4) is 0 Å². The first-order chi connectivity index (χ1) is 16.0. The molecule has 6 nitrogen and oxygen atoms in total. The van der Waals surface area contributed by atoms with Gasteiger partial charge in [0.05, 0.1) is 6.04 Å². The predicted molar refractivity (Wildman–Crippen MR) is 132 cm³/mol. The van der Waals surface area contributed by atoms with Crippen LogP contribution in [0.1, 0.15) is 107 Å². The molecule has 2 aromatic rings. The molecule has 2 aromatic heterocycles. The Bertz CT molecular complexity index is 919. The Hall–Kier alpha value is -1.73. The van der Waals surface area contributed by atoms with Crippen molar-refractivity contribution in [1.29, 1.82) is 0 Å². The molecule has 4 atom stereocenters.